The van der Waals surface area contributed by atoms with Crippen LogP contribution in [-0.2, 0) is 17.4 Å². The van der Waals surface area contributed by atoms with Crippen LogP contribution in [0.2, 0.25) is 0 Å². The topological polar surface area (TPSA) is 69.0 Å². The third kappa shape index (κ3) is 4.80. The van der Waals surface area contributed by atoms with Gasteiger partial charge in [-0.05, 0) is 42.7 Å². The fourth-order valence-corrected chi connectivity index (χ4v) is 3.15. The van der Waals surface area contributed by atoms with Gasteiger partial charge in [-0.2, -0.15) is 18.4 Å². The van der Waals surface area contributed by atoms with Crippen molar-refractivity contribution in [3.63, 3.8) is 0 Å². The fourth-order valence-electron chi connectivity index (χ4n) is 3.15. The van der Waals surface area contributed by atoms with Gasteiger partial charge in [-0.3, -0.25) is 4.79 Å². The van der Waals surface area contributed by atoms with E-state index in [4.69, 9.17) is 5.26 Å². The van der Waals surface area contributed by atoms with Gasteiger partial charge in [0.25, 0.3) is 0 Å². The zero-order valence-electron chi connectivity index (χ0n) is 15.0. The lowest BCUT2D eigenvalue weighted by molar-refractivity contribution is -0.137. The second-order valence-corrected chi connectivity index (χ2v) is 6.69. The number of hydrogen-bond acceptors (Lipinski definition) is 4. The lowest BCUT2D eigenvalue weighted by atomic mass is 9.95. The number of nitrogens with zero attached hydrogens (tertiary/aromatic N) is 3. The Morgan fingerprint density at radius 1 is 1.18 bits per heavy atom. The molecule has 0 aliphatic carbocycles. The van der Waals surface area contributed by atoms with Crippen LogP contribution in [0.4, 0.5) is 24.7 Å². The first-order valence-corrected chi connectivity index (χ1v) is 8.92. The molecule has 5 nitrogen and oxygen atoms in total. The number of carbonyl (C=O) groups is 1. The Kier molecular flexibility index (Phi) is 5.83. The van der Waals surface area contributed by atoms with Crippen molar-refractivity contribution in [2.75, 3.05) is 23.3 Å². The second-order valence-electron chi connectivity index (χ2n) is 6.69. The zero-order valence-corrected chi connectivity index (χ0v) is 15.0. The number of hydrogen-bond donors (Lipinski definition) is 1. The number of nitrogens with one attached hydrogen (secondary N) is 1. The largest absolute Gasteiger partial charge is 0.417 e. The number of amides is 1. The molecular weight excluding hydrogens is 369 g/mol. The summed E-state index contributed by atoms with van der Waals surface area (Å²) in [7, 11) is 0. The van der Waals surface area contributed by atoms with Crippen molar-refractivity contribution in [3.05, 3.63) is 53.7 Å². The van der Waals surface area contributed by atoms with E-state index >= 15 is 0 Å². The summed E-state index contributed by atoms with van der Waals surface area (Å²) < 4.78 is 37.9. The average molecular weight is 388 g/mol. The molecule has 3 rings (SSSR count). The van der Waals surface area contributed by atoms with Crippen molar-refractivity contribution >= 4 is 17.4 Å². The van der Waals surface area contributed by atoms with Crippen LogP contribution in [0.1, 0.15) is 24.0 Å². The maximum absolute atomic E-state index is 12.6. The normalized spacial score (nSPS) is 15.1. The van der Waals surface area contributed by atoms with Crippen LogP contribution < -0.4 is 10.2 Å². The summed E-state index contributed by atoms with van der Waals surface area (Å²) in [5.41, 5.74) is 0.794. The summed E-state index contributed by atoms with van der Waals surface area (Å²) in [5, 5.41) is 11.6. The number of pyridine rings is 1. The molecule has 146 valence electrons. The molecule has 1 aromatic carbocycles. The third-order valence-electron chi connectivity index (χ3n) is 4.77. The Balaban J connectivity index is 1.53. The second kappa shape index (κ2) is 8.30. The molecular formula is C20H19F3N4O. The molecule has 1 aliphatic rings. The van der Waals surface area contributed by atoms with Crippen molar-refractivity contribution in [2.45, 2.75) is 25.4 Å². The van der Waals surface area contributed by atoms with Gasteiger partial charge >= 0.3 is 6.18 Å². The lowest BCUT2D eigenvalue weighted by Gasteiger charge is -2.32. The number of carbonyl (C=O) groups excluding carboxylic acids is 1. The Bertz CT molecular complexity index is 849. The number of benzene rings is 1. The quantitative estimate of drug-likeness (QED) is 0.859. The van der Waals surface area contributed by atoms with Gasteiger partial charge in [0.2, 0.25) is 5.91 Å². The number of aromatic nitrogens is 1. The number of halogens is 3. The van der Waals surface area contributed by atoms with E-state index in [9.17, 15) is 18.0 Å². The van der Waals surface area contributed by atoms with Gasteiger partial charge < -0.3 is 10.2 Å². The van der Waals surface area contributed by atoms with Crippen molar-refractivity contribution < 1.29 is 18.0 Å². The maximum Gasteiger partial charge on any atom is 0.417 e. The number of alkyl halides is 3. The highest BCUT2D eigenvalue weighted by molar-refractivity contribution is 5.92. The van der Waals surface area contributed by atoms with E-state index in [-0.39, 0.29) is 11.8 Å². The van der Waals surface area contributed by atoms with Crippen LogP contribution in [0.15, 0.2) is 42.6 Å². The minimum atomic E-state index is -4.40. The molecule has 0 unspecified atom stereocenters. The molecule has 0 radical (unpaired) electrons. The molecule has 1 aromatic heterocycles. The Morgan fingerprint density at radius 2 is 1.86 bits per heavy atom. The van der Waals surface area contributed by atoms with Crippen LogP contribution in [0.3, 0.4) is 0 Å². The molecule has 1 N–H and O–H groups in total. The minimum absolute atomic E-state index is 0.0759. The van der Waals surface area contributed by atoms with E-state index in [2.05, 4.69) is 16.4 Å². The van der Waals surface area contributed by atoms with Gasteiger partial charge in [0, 0.05) is 30.9 Å². The summed E-state index contributed by atoms with van der Waals surface area (Å²) in [4.78, 5) is 18.3. The molecule has 8 heteroatoms. The van der Waals surface area contributed by atoms with E-state index in [0.717, 1.165) is 17.8 Å². The van der Waals surface area contributed by atoms with Crippen LogP contribution >= 0.6 is 0 Å². The van der Waals surface area contributed by atoms with E-state index in [1.54, 1.807) is 24.3 Å². The van der Waals surface area contributed by atoms with E-state index in [1.807, 2.05) is 4.90 Å². The van der Waals surface area contributed by atoms with E-state index in [1.165, 1.54) is 6.07 Å². The highest BCUT2D eigenvalue weighted by atomic mass is 19.4. The summed E-state index contributed by atoms with van der Waals surface area (Å²) >= 11 is 0. The maximum atomic E-state index is 12.6. The smallest absolute Gasteiger partial charge is 0.357 e. The van der Waals surface area contributed by atoms with Crippen LogP contribution in [0.25, 0.3) is 0 Å². The first kappa shape index (κ1) is 19.7. The van der Waals surface area contributed by atoms with Crippen molar-refractivity contribution in [1.82, 2.24) is 4.98 Å². The molecule has 2 heterocycles. The van der Waals surface area contributed by atoms with Gasteiger partial charge in [0.05, 0.1) is 18.1 Å². The first-order valence-electron chi connectivity index (χ1n) is 8.92. The highest BCUT2D eigenvalue weighted by Crippen LogP contribution is 2.30. The molecule has 1 amide bonds. The van der Waals surface area contributed by atoms with Crippen LogP contribution in [0.5, 0.6) is 0 Å². The standard InChI is InChI=1S/C20H19F3N4O/c21-20(22,23)16-3-6-18(25-13-16)27-11-8-15(9-12-27)19(28)26-17-4-1-14(2-5-17)7-10-24/h1-6,13,15H,7-9,11-12H2,(H,26,28). The van der Waals surface area contributed by atoms with Crippen molar-refractivity contribution in [2.24, 2.45) is 5.92 Å². The number of piperidine rings is 1. The molecule has 0 saturated carbocycles. The monoisotopic (exact) mass is 388 g/mol. The van der Waals surface area contributed by atoms with Crippen molar-refractivity contribution in [1.29, 1.82) is 5.26 Å². The van der Waals surface area contributed by atoms with Gasteiger partial charge in [-0.25, -0.2) is 4.98 Å². The third-order valence-corrected chi connectivity index (χ3v) is 4.77. The molecule has 0 atom stereocenters. The summed E-state index contributed by atoms with van der Waals surface area (Å²) in [6.45, 7) is 1.11. The fraction of sp³-hybridized carbons (Fsp3) is 0.350. The summed E-state index contributed by atoms with van der Waals surface area (Å²) in [6.07, 6.45) is -2.04. The summed E-state index contributed by atoms with van der Waals surface area (Å²) in [5.74, 6) is 0.248. The number of rotatable bonds is 4. The minimum Gasteiger partial charge on any atom is -0.357 e. The van der Waals surface area contributed by atoms with Gasteiger partial charge in [0.1, 0.15) is 5.82 Å². The van der Waals surface area contributed by atoms with Crippen molar-refractivity contribution in [3.8, 4) is 6.07 Å². The Labute approximate surface area is 160 Å². The predicted molar refractivity (Wildman–Crippen MR) is 98.6 cm³/mol. The molecule has 1 fully saturated rings. The number of nitriles is 1. The molecule has 0 spiro atoms. The zero-order chi connectivity index (χ0) is 20.1. The predicted octanol–water partition coefficient (Wildman–Crippen LogP) is 4.02. The Hall–Kier alpha value is -3.08. The van der Waals surface area contributed by atoms with Gasteiger partial charge in [-0.15, -0.1) is 0 Å². The average Bonchev–Trinajstić information content (AvgIpc) is 2.69. The van der Waals surface area contributed by atoms with Gasteiger partial charge in [-0.1, -0.05) is 12.1 Å². The summed E-state index contributed by atoms with van der Waals surface area (Å²) in [6, 6.07) is 11.6. The van der Waals surface area contributed by atoms with Crippen LogP contribution in [0, 0.1) is 17.2 Å². The molecule has 1 saturated heterocycles. The van der Waals surface area contributed by atoms with E-state index in [0.29, 0.717) is 43.9 Å². The lowest BCUT2D eigenvalue weighted by Crippen LogP contribution is -2.38. The van der Waals surface area contributed by atoms with E-state index < -0.39 is 11.7 Å². The van der Waals surface area contributed by atoms with Crippen LogP contribution in [-0.4, -0.2) is 24.0 Å². The molecule has 1 aliphatic heterocycles. The first-order chi connectivity index (χ1) is 13.4. The SMILES string of the molecule is N#CCc1ccc(NC(=O)C2CCN(c3ccc(C(F)(F)F)cn3)CC2)cc1. The Morgan fingerprint density at radius 3 is 2.39 bits per heavy atom. The number of anilines is 2. The van der Waals surface area contributed by atoms with Gasteiger partial charge in [0.15, 0.2) is 0 Å². The molecule has 28 heavy (non-hydrogen) atoms. The molecule has 0 bridgehead atoms. The highest BCUT2D eigenvalue weighted by Gasteiger charge is 2.31. The molecule has 2 aromatic rings.